The normalized spacial score (nSPS) is 20.9. The fourth-order valence-electron chi connectivity index (χ4n) is 2.83. The molecule has 0 unspecified atom stereocenters. The van der Waals surface area contributed by atoms with Gasteiger partial charge in [0.15, 0.2) is 0 Å². The molecule has 0 amide bonds. The van der Waals surface area contributed by atoms with Crippen molar-refractivity contribution in [2.24, 2.45) is 5.41 Å². The van der Waals surface area contributed by atoms with Crippen LogP contribution in [-0.2, 0) is 0 Å². The average molecular weight is 280 g/mol. The van der Waals surface area contributed by atoms with Gasteiger partial charge in [-0.2, -0.15) is 9.37 Å². The SMILES string of the molecule is COc1nc(NCC2(CN3CCCC3)CC2)ncc1F. The Kier molecular flexibility index (Phi) is 3.74. The van der Waals surface area contributed by atoms with E-state index in [1.807, 2.05) is 0 Å². The lowest BCUT2D eigenvalue weighted by molar-refractivity contribution is 0.271. The summed E-state index contributed by atoms with van der Waals surface area (Å²) in [6.07, 6.45) is 6.28. The number of methoxy groups -OCH3 is 1. The molecular weight excluding hydrogens is 259 g/mol. The van der Waals surface area contributed by atoms with Crippen LogP contribution < -0.4 is 10.1 Å². The van der Waals surface area contributed by atoms with Crippen LogP contribution in [0, 0.1) is 11.2 Å². The number of hydrogen-bond acceptors (Lipinski definition) is 5. The lowest BCUT2D eigenvalue weighted by Gasteiger charge is -2.23. The van der Waals surface area contributed by atoms with Crippen molar-refractivity contribution in [3.05, 3.63) is 12.0 Å². The molecule has 0 aromatic carbocycles. The van der Waals surface area contributed by atoms with E-state index in [1.54, 1.807) is 0 Å². The third kappa shape index (κ3) is 3.00. The van der Waals surface area contributed by atoms with Crippen molar-refractivity contribution in [2.75, 3.05) is 38.6 Å². The summed E-state index contributed by atoms with van der Waals surface area (Å²) in [7, 11) is 1.41. The molecule has 3 rings (SSSR count). The predicted octanol–water partition coefficient (Wildman–Crippen LogP) is 1.91. The average Bonchev–Trinajstić information content (AvgIpc) is 3.02. The number of rotatable bonds is 6. The van der Waals surface area contributed by atoms with Crippen LogP contribution in [0.15, 0.2) is 6.20 Å². The van der Waals surface area contributed by atoms with E-state index in [-0.39, 0.29) is 5.88 Å². The zero-order valence-corrected chi connectivity index (χ0v) is 11.9. The minimum Gasteiger partial charge on any atom is -0.479 e. The smallest absolute Gasteiger partial charge is 0.255 e. The fourth-order valence-corrected chi connectivity index (χ4v) is 2.83. The molecule has 5 nitrogen and oxygen atoms in total. The maximum Gasteiger partial charge on any atom is 0.255 e. The Morgan fingerprint density at radius 2 is 2.15 bits per heavy atom. The van der Waals surface area contributed by atoms with Crippen molar-refractivity contribution in [1.29, 1.82) is 0 Å². The first kappa shape index (κ1) is 13.5. The van der Waals surface area contributed by atoms with Crippen LogP contribution in [0.3, 0.4) is 0 Å². The van der Waals surface area contributed by atoms with Crippen molar-refractivity contribution >= 4 is 5.95 Å². The minimum absolute atomic E-state index is 0.00751. The Bertz CT molecular complexity index is 472. The van der Waals surface area contributed by atoms with Gasteiger partial charge in [0.1, 0.15) is 0 Å². The third-order valence-electron chi connectivity index (χ3n) is 4.24. The number of ether oxygens (including phenoxy) is 1. The molecule has 2 aliphatic rings. The highest BCUT2D eigenvalue weighted by molar-refractivity contribution is 5.29. The van der Waals surface area contributed by atoms with Crippen molar-refractivity contribution in [1.82, 2.24) is 14.9 Å². The number of hydrogen-bond donors (Lipinski definition) is 1. The van der Waals surface area contributed by atoms with Gasteiger partial charge >= 0.3 is 0 Å². The van der Waals surface area contributed by atoms with Gasteiger partial charge in [0.2, 0.25) is 11.8 Å². The molecule has 0 atom stereocenters. The number of nitrogens with one attached hydrogen (secondary N) is 1. The molecule has 0 bridgehead atoms. The van der Waals surface area contributed by atoms with E-state index >= 15 is 0 Å². The lowest BCUT2D eigenvalue weighted by Crippen LogP contribution is -2.32. The molecule has 1 saturated heterocycles. The zero-order chi connectivity index (χ0) is 14.0. The maximum absolute atomic E-state index is 13.2. The lowest BCUT2D eigenvalue weighted by atomic mass is 10.1. The van der Waals surface area contributed by atoms with Crippen molar-refractivity contribution < 1.29 is 9.13 Å². The van der Waals surface area contributed by atoms with Gasteiger partial charge in [0.05, 0.1) is 13.3 Å². The van der Waals surface area contributed by atoms with Crippen LogP contribution in [0.4, 0.5) is 10.3 Å². The summed E-state index contributed by atoms with van der Waals surface area (Å²) in [5.41, 5.74) is 0.356. The molecule has 1 aromatic rings. The molecular formula is C14H21FN4O. The highest BCUT2D eigenvalue weighted by atomic mass is 19.1. The molecule has 1 aromatic heterocycles. The van der Waals surface area contributed by atoms with Gasteiger partial charge in [0.25, 0.3) is 5.88 Å². The molecule has 6 heteroatoms. The molecule has 1 saturated carbocycles. The molecule has 110 valence electrons. The second-order valence-electron chi connectivity index (χ2n) is 5.89. The summed E-state index contributed by atoms with van der Waals surface area (Å²) in [5.74, 6) is -0.0981. The van der Waals surface area contributed by atoms with E-state index in [9.17, 15) is 4.39 Å². The van der Waals surface area contributed by atoms with Crippen molar-refractivity contribution in [3.8, 4) is 5.88 Å². The van der Waals surface area contributed by atoms with E-state index in [4.69, 9.17) is 4.74 Å². The molecule has 0 radical (unpaired) electrons. The molecule has 2 heterocycles. The van der Waals surface area contributed by atoms with Gasteiger partial charge in [-0.3, -0.25) is 0 Å². The minimum atomic E-state index is -0.531. The van der Waals surface area contributed by atoms with Crippen molar-refractivity contribution in [3.63, 3.8) is 0 Å². The highest BCUT2D eigenvalue weighted by Gasteiger charge is 2.44. The summed E-state index contributed by atoms with van der Waals surface area (Å²) in [4.78, 5) is 10.5. The summed E-state index contributed by atoms with van der Waals surface area (Å²) in [5, 5.41) is 3.23. The maximum atomic E-state index is 13.2. The number of likely N-dealkylation sites (tertiary alicyclic amines) is 1. The molecule has 2 fully saturated rings. The predicted molar refractivity (Wildman–Crippen MR) is 74.4 cm³/mol. The summed E-state index contributed by atoms with van der Waals surface area (Å²) < 4.78 is 18.1. The standard InChI is InChI=1S/C14H21FN4O/c1-20-12-11(15)8-16-13(18-12)17-9-14(4-5-14)10-19-6-2-3-7-19/h8H,2-7,9-10H2,1H3,(H,16,17,18). The van der Waals surface area contributed by atoms with E-state index in [2.05, 4.69) is 20.2 Å². The number of anilines is 1. The van der Waals surface area contributed by atoms with Gasteiger partial charge in [-0.25, -0.2) is 4.98 Å². The van der Waals surface area contributed by atoms with Crippen molar-refractivity contribution in [2.45, 2.75) is 25.7 Å². The summed E-state index contributed by atoms with van der Waals surface area (Å²) in [6.45, 7) is 4.45. The first-order chi connectivity index (χ1) is 9.71. The van der Waals surface area contributed by atoms with Gasteiger partial charge in [-0.1, -0.05) is 0 Å². The molecule has 1 aliphatic carbocycles. The van der Waals surface area contributed by atoms with E-state index in [0.717, 1.165) is 19.3 Å². The van der Waals surface area contributed by atoms with Crippen LogP contribution >= 0.6 is 0 Å². The van der Waals surface area contributed by atoms with Crippen LogP contribution in [0.2, 0.25) is 0 Å². The fraction of sp³-hybridized carbons (Fsp3) is 0.714. The molecule has 20 heavy (non-hydrogen) atoms. The van der Waals surface area contributed by atoms with Gasteiger partial charge in [-0.05, 0) is 38.8 Å². The Morgan fingerprint density at radius 1 is 1.40 bits per heavy atom. The van der Waals surface area contributed by atoms with Crippen LogP contribution in [0.5, 0.6) is 5.88 Å². The topological polar surface area (TPSA) is 50.3 Å². The second kappa shape index (κ2) is 5.52. The molecule has 1 N–H and O–H groups in total. The number of aromatic nitrogens is 2. The van der Waals surface area contributed by atoms with Gasteiger partial charge < -0.3 is 15.0 Å². The third-order valence-corrected chi connectivity index (χ3v) is 4.24. The van der Waals surface area contributed by atoms with Crippen LogP contribution in [0.1, 0.15) is 25.7 Å². The van der Waals surface area contributed by atoms with Crippen LogP contribution in [-0.4, -0.2) is 48.2 Å². The Labute approximate surface area is 118 Å². The quantitative estimate of drug-likeness (QED) is 0.862. The van der Waals surface area contributed by atoms with E-state index < -0.39 is 5.82 Å². The van der Waals surface area contributed by atoms with Gasteiger partial charge in [-0.15, -0.1) is 0 Å². The first-order valence-corrected chi connectivity index (χ1v) is 7.24. The Morgan fingerprint density at radius 3 is 2.80 bits per heavy atom. The van der Waals surface area contributed by atoms with Crippen LogP contribution in [0.25, 0.3) is 0 Å². The zero-order valence-electron chi connectivity index (χ0n) is 11.9. The highest BCUT2D eigenvalue weighted by Crippen LogP contribution is 2.46. The van der Waals surface area contributed by atoms with E-state index in [1.165, 1.54) is 45.9 Å². The first-order valence-electron chi connectivity index (χ1n) is 7.24. The largest absolute Gasteiger partial charge is 0.479 e. The molecule has 1 aliphatic heterocycles. The Hall–Kier alpha value is -1.43. The number of nitrogens with zero attached hydrogens (tertiary/aromatic N) is 3. The second-order valence-corrected chi connectivity index (χ2v) is 5.89. The monoisotopic (exact) mass is 280 g/mol. The summed E-state index contributed by atoms with van der Waals surface area (Å²) >= 11 is 0. The number of halogens is 1. The van der Waals surface area contributed by atoms with Gasteiger partial charge in [0, 0.05) is 18.5 Å². The summed E-state index contributed by atoms with van der Waals surface area (Å²) in [6, 6.07) is 0. The Balaban J connectivity index is 1.56. The van der Waals surface area contributed by atoms with E-state index in [0.29, 0.717) is 11.4 Å². The molecule has 0 spiro atoms.